The van der Waals surface area contributed by atoms with Crippen molar-refractivity contribution in [2.24, 2.45) is 5.92 Å². The first-order valence-electron chi connectivity index (χ1n) is 6.81. The molecular formula is C13H22N2O4. The van der Waals surface area contributed by atoms with Crippen LogP contribution in [0.4, 0.5) is 4.79 Å². The van der Waals surface area contributed by atoms with Gasteiger partial charge in [0.05, 0.1) is 18.1 Å². The van der Waals surface area contributed by atoms with Gasteiger partial charge in [-0.1, -0.05) is 0 Å². The smallest absolute Gasteiger partial charge is 0.320 e. The Balaban J connectivity index is 2.02. The second-order valence-electron chi connectivity index (χ2n) is 5.49. The van der Waals surface area contributed by atoms with Gasteiger partial charge in [-0.2, -0.15) is 0 Å². The summed E-state index contributed by atoms with van der Waals surface area (Å²) in [4.78, 5) is 26.9. The monoisotopic (exact) mass is 270 g/mol. The molecule has 4 unspecified atom stereocenters. The Morgan fingerprint density at radius 1 is 1.32 bits per heavy atom. The minimum Gasteiger partial charge on any atom is -0.481 e. The van der Waals surface area contributed by atoms with Crippen LogP contribution in [0.25, 0.3) is 0 Å². The van der Waals surface area contributed by atoms with Gasteiger partial charge in [-0.15, -0.1) is 0 Å². The predicted octanol–water partition coefficient (Wildman–Crippen LogP) is 1.01. The average Bonchev–Trinajstić information content (AvgIpc) is 2.93. The maximum absolute atomic E-state index is 12.5. The Bertz CT molecular complexity index is 374. The van der Waals surface area contributed by atoms with Gasteiger partial charge in [-0.3, -0.25) is 4.79 Å². The summed E-state index contributed by atoms with van der Waals surface area (Å²) < 4.78 is 5.48. The van der Waals surface area contributed by atoms with Crippen LogP contribution in [0.1, 0.15) is 26.7 Å². The molecule has 0 aromatic carbocycles. The van der Waals surface area contributed by atoms with Crippen LogP contribution in [0.2, 0.25) is 0 Å². The summed E-state index contributed by atoms with van der Waals surface area (Å²) in [6.07, 6.45) is 1.42. The number of likely N-dealkylation sites (tertiary alicyclic amines) is 1. The second kappa shape index (κ2) is 5.36. The highest BCUT2D eigenvalue weighted by Crippen LogP contribution is 2.27. The summed E-state index contributed by atoms with van der Waals surface area (Å²) in [6, 6.07) is -0.243. The molecule has 0 aliphatic carbocycles. The van der Waals surface area contributed by atoms with Crippen molar-refractivity contribution in [2.75, 3.05) is 20.2 Å². The number of likely N-dealkylation sites (N-methyl/N-ethyl adjacent to an activating group) is 1. The van der Waals surface area contributed by atoms with E-state index in [1.807, 2.05) is 13.8 Å². The Morgan fingerprint density at radius 2 is 2.00 bits per heavy atom. The molecule has 0 saturated carbocycles. The molecule has 1 N–H and O–H groups in total. The third-order valence-corrected chi connectivity index (χ3v) is 4.45. The second-order valence-corrected chi connectivity index (χ2v) is 5.49. The van der Waals surface area contributed by atoms with Crippen LogP contribution in [0, 0.1) is 5.92 Å². The summed E-state index contributed by atoms with van der Waals surface area (Å²) in [6.45, 7) is 4.97. The van der Waals surface area contributed by atoms with Crippen LogP contribution in [-0.4, -0.2) is 65.3 Å². The third-order valence-electron chi connectivity index (χ3n) is 4.45. The number of amides is 2. The summed E-state index contributed by atoms with van der Waals surface area (Å²) in [7, 11) is 1.78. The minimum absolute atomic E-state index is 0.0436. The number of hydrogen-bond acceptors (Lipinski definition) is 3. The van der Waals surface area contributed by atoms with Gasteiger partial charge in [0.1, 0.15) is 0 Å². The number of carbonyl (C=O) groups is 2. The van der Waals surface area contributed by atoms with E-state index in [2.05, 4.69) is 0 Å². The quantitative estimate of drug-likeness (QED) is 0.813. The van der Waals surface area contributed by atoms with E-state index >= 15 is 0 Å². The van der Waals surface area contributed by atoms with Crippen molar-refractivity contribution in [1.29, 1.82) is 0 Å². The fourth-order valence-electron chi connectivity index (χ4n) is 3.11. The minimum atomic E-state index is -0.817. The van der Waals surface area contributed by atoms with Gasteiger partial charge in [-0.25, -0.2) is 4.79 Å². The highest BCUT2D eigenvalue weighted by Gasteiger charge is 2.41. The van der Waals surface area contributed by atoms with Gasteiger partial charge < -0.3 is 19.6 Å². The normalized spacial score (nSPS) is 34.6. The summed E-state index contributed by atoms with van der Waals surface area (Å²) in [5, 5.41) is 9.10. The molecule has 4 atom stereocenters. The molecule has 2 aliphatic rings. The van der Waals surface area contributed by atoms with Gasteiger partial charge in [0.25, 0.3) is 0 Å². The third kappa shape index (κ3) is 2.54. The molecule has 2 fully saturated rings. The molecule has 2 heterocycles. The molecule has 6 heteroatoms. The van der Waals surface area contributed by atoms with E-state index in [-0.39, 0.29) is 24.2 Å². The zero-order chi connectivity index (χ0) is 14.2. The summed E-state index contributed by atoms with van der Waals surface area (Å²) >= 11 is 0. The molecular weight excluding hydrogens is 248 g/mol. The van der Waals surface area contributed by atoms with Gasteiger partial charge in [0.2, 0.25) is 0 Å². The van der Waals surface area contributed by atoms with Crippen LogP contribution in [0.3, 0.4) is 0 Å². The van der Waals surface area contributed by atoms with Gasteiger partial charge in [0, 0.05) is 26.2 Å². The first-order valence-corrected chi connectivity index (χ1v) is 6.81. The zero-order valence-corrected chi connectivity index (χ0v) is 11.7. The number of carboxylic acid groups (broad SMARTS) is 1. The topological polar surface area (TPSA) is 70.1 Å². The first kappa shape index (κ1) is 14.1. The first-order chi connectivity index (χ1) is 8.93. The highest BCUT2D eigenvalue weighted by molar-refractivity contribution is 5.78. The number of aliphatic carboxylic acids is 1. The Labute approximate surface area is 113 Å². The lowest BCUT2D eigenvalue weighted by atomic mass is 10.0. The van der Waals surface area contributed by atoms with Crippen LogP contribution in [0.15, 0.2) is 0 Å². The van der Waals surface area contributed by atoms with Gasteiger partial charge in [0.15, 0.2) is 0 Å². The van der Waals surface area contributed by atoms with Crippen molar-refractivity contribution in [3.63, 3.8) is 0 Å². The molecule has 6 nitrogen and oxygen atoms in total. The number of urea groups is 1. The van der Waals surface area contributed by atoms with E-state index in [0.717, 1.165) is 6.42 Å². The molecule has 2 saturated heterocycles. The number of carboxylic acids is 1. The van der Waals surface area contributed by atoms with Crippen molar-refractivity contribution in [3.8, 4) is 0 Å². The summed E-state index contributed by atoms with van der Waals surface area (Å²) in [5.41, 5.74) is 0. The van der Waals surface area contributed by atoms with Gasteiger partial charge >= 0.3 is 12.0 Å². The van der Waals surface area contributed by atoms with Gasteiger partial charge in [-0.05, 0) is 26.7 Å². The number of ether oxygens (including phenoxy) is 1. The van der Waals surface area contributed by atoms with Crippen molar-refractivity contribution < 1.29 is 19.4 Å². The molecule has 0 radical (unpaired) electrons. The Hall–Kier alpha value is -1.30. The number of nitrogens with zero attached hydrogens (tertiary/aromatic N) is 2. The number of rotatable bonds is 2. The van der Waals surface area contributed by atoms with Crippen LogP contribution < -0.4 is 0 Å². The maximum Gasteiger partial charge on any atom is 0.320 e. The lowest BCUT2D eigenvalue weighted by Gasteiger charge is -2.33. The SMILES string of the molecule is CC1OCCC1N(C)C(=O)N1CCC(C(=O)O)C1C. The van der Waals surface area contributed by atoms with Crippen LogP contribution >= 0.6 is 0 Å². The zero-order valence-electron chi connectivity index (χ0n) is 11.7. The molecule has 0 bridgehead atoms. The molecule has 0 aromatic heterocycles. The molecule has 0 aromatic rings. The van der Waals surface area contributed by atoms with Crippen molar-refractivity contribution in [3.05, 3.63) is 0 Å². The van der Waals surface area contributed by atoms with E-state index in [1.54, 1.807) is 16.8 Å². The van der Waals surface area contributed by atoms with E-state index in [9.17, 15) is 9.59 Å². The van der Waals surface area contributed by atoms with E-state index < -0.39 is 11.9 Å². The van der Waals surface area contributed by atoms with Crippen molar-refractivity contribution in [1.82, 2.24) is 9.80 Å². The number of carbonyl (C=O) groups excluding carboxylic acids is 1. The average molecular weight is 270 g/mol. The van der Waals surface area contributed by atoms with Crippen molar-refractivity contribution in [2.45, 2.75) is 44.9 Å². The van der Waals surface area contributed by atoms with Crippen LogP contribution in [-0.2, 0) is 9.53 Å². The molecule has 108 valence electrons. The molecule has 0 spiro atoms. The van der Waals surface area contributed by atoms with Crippen molar-refractivity contribution >= 4 is 12.0 Å². The van der Waals surface area contributed by atoms with Crippen LogP contribution in [0.5, 0.6) is 0 Å². The largest absolute Gasteiger partial charge is 0.481 e. The van der Waals surface area contributed by atoms with E-state index in [1.165, 1.54) is 0 Å². The lowest BCUT2D eigenvalue weighted by Crippen LogP contribution is -2.50. The standard InChI is InChI=1S/C13H22N2O4/c1-8-10(12(16)17)4-6-15(8)13(18)14(3)11-5-7-19-9(11)2/h8-11H,4-7H2,1-3H3,(H,16,17). The molecule has 2 amide bonds. The maximum atomic E-state index is 12.5. The Morgan fingerprint density at radius 3 is 2.47 bits per heavy atom. The lowest BCUT2D eigenvalue weighted by molar-refractivity contribution is -0.142. The fraction of sp³-hybridized carbons (Fsp3) is 0.846. The highest BCUT2D eigenvalue weighted by atomic mass is 16.5. The van der Waals surface area contributed by atoms with E-state index in [4.69, 9.17) is 9.84 Å². The molecule has 2 rings (SSSR count). The molecule has 19 heavy (non-hydrogen) atoms. The number of hydrogen-bond donors (Lipinski definition) is 1. The summed E-state index contributed by atoms with van der Waals surface area (Å²) in [5.74, 6) is -1.27. The molecule has 2 aliphatic heterocycles. The Kier molecular flexibility index (Phi) is 3.99. The predicted molar refractivity (Wildman–Crippen MR) is 68.9 cm³/mol. The fourth-order valence-corrected chi connectivity index (χ4v) is 3.11. The van der Waals surface area contributed by atoms with E-state index in [0.29, 0.717) is 19.6 Å².